The first-order valence-electron chi connectivity index (χ1n) is 9.25. The molecule has 9 nitrogen and oxygen atoms in total. The minimum Gasteiger partial charge on any atom is -0.362 e. The molecule has 1 fully saturated rings. The Morgan fingerprint density at radius 2 is 1.72 bits per heavy atom. The molecule has 3 aromatic rings. The molecule has 148 valence electrons. The molecule has 0 saturated carbocycles. The quantitative estimate of drug-likeness (QED) is 0.493. The van der Waals surface area contributed by atoms with Crippen molar-refractivity contribution in [3.8, 4) is 0 Å². The van der Waals surface area contributed by atoms with Crippen LogP contribution < -0.4 is 10.5 Å². The number of carbonyl (C=O) groups is 1. The van der Waals surface area contributed by atoms with Crippen molar-refractivity contribution in [1.82, 2.24) is 14.5 Å². The van der Waals surface area contributed by atoms with Crippen LogP contribution in [0.1, 0.15) is 0 Å². The predicted octanol–water partition coefficient (Wildman–Crippen LogP) is 1.65. The van der Waals surface area contributed by atoms with E-state index in [-0.39, 0.29) is 23.7 Å². The Balaban J connectivity index is 1.44. The summed E-state index contributed by atoms with van der Waals surface area (Å²) in [7, 11) is 0. The van der Waals surface area contributed by atoms with E-state index >= 15 is 0 Å². The van der Waals surface area contributed by atoms with Crippen LogP contribution in [0.25, 0.3) is 10.9 Å². The van der Waals surface area contributed by atoms with Crippen molar-refractivity contribution in [1.29, 1.82) is 0 Å². The van der Waals surface area contributed by atoms with Crippen molar-refractivity contribution in [2.24, 2.45) is 0 Å². The molecule has 2 aromatic carbocycles. The molecule has 29 heavy (non-hydrogen) atoms. The lowest BCUT2D eigenvalue weighted by Gasteiger charge is -2.35. The fraction of sp³-hybridized carbons (Fsp3) is 0.250. The Morgan fingerprint density at radius 3 is 2.48 bits per heavy atom. The molecule has 1 aliphatic rings. The maximum absolute atomic E-state index is 12.7. The van der Waals surface area contributed by atoms with Crippen LogP contribution >= 0.6 is 0 Å². The number of nitrogens with zero attached hydrogens (tertiary/aromatic N) is 5. The number of fused-ring (bicyclic) bond motifs is 1. The van der Waals surface area contributed by atoms with Gasteiger partial charge in [0, 0.05) is 32.2 Å². The van der Waals surface area contributed by atoms with Crippen LogP contribution in [0.4, 0.5) is 11.4 Å². The van der Waals surface area contributed by atoms with E-state index in [4.69, 9.17) is 0 Å². The molecular formula is C20H19N5O4. The van der Waals surface area contributed by atoms with Gasteiger partial charge in [-0.25, -0.2) is 4.98 Å². The number of nitro groups is 1. The molecule has 0 bridgehead atoms. The van der Waals surface area contributed by atoms with Gasteiger partial charge >= 0.3 is 0 Å². The molecule has 0 unspecified atom stereocenters. The van der Waals surface area contributed by atoms with Crippen LogP contribution in [0, 0.1) is 10.1 Å². The Kier molecular flexibility index (Phi) is 4.94. The highest BCUT2D eigenvalue weighted by atomic mass is 16.6. The number of amides is 1. The predicted molar refractivity (Wildman–Crippen MR) is 108 cm³/mol. The normalized spacial score (nSPS) is 14.2. The fourth-order valence-corrected chi connectivity index (χ4v) is 3.55. The zero-order valence-electron chi connectivity index (χ0n) is 15.6. The summed E-state index contributed by atoms with van der Waals surface area (Å²) in [6.07, 6.45) is 1.39. The third-order valence-electron chi connectivity index (χ3n) is 5.09. The van der Waals surface area contributed by atoms with Crippen molar-refractivity contribution >= 4 is 28.2 Å². The second-order valence-corrected chi connectivity index (χ2v) is 6.81. The van der Waals surface area contributed by atoms with Crippen LogP contribution in [0.15, 0.2) is 59.7 Å². The number of hydrogen-bond acceptors (Lipinski definition) is 6. The van der Waals surface area contributed by atoms with Gasteiger partial charge in [0.15, 0.2) is 0 Å². The van der Waals surface area contributed by atoms with E-state index in [1.54, 1.807) is 47.4 Å². The van der Waals surface area contributed by atoms with Crippen LogP contribution in [0.3, 0.4) is 0 Å². The van der Waals surface area contributed by atoms with Gasteiger partial charge in [0.05, 0.1) is 22.2 Å². The lowest BCUT2D eigenvalue weighted by Crippen LogP contribution is -2.50. The minimum absolute atomic E-state index is 0.0565. The number of carbonyl (C=O) groups excluding carboxylic acids is 1. The van der Waals surface area contributed by atoms with Gasteiger partial charge in [-0.1, -0.05) is 24.3 Å². The number of benzene rings is 2. The Bertz CT molecular complexity index is 1130. The molecule has 4 rings (SSSR count). The molecule has 1 aromatic heterocycles. The lowest BCUT2D eigenvalue weighted by molar-refractivity contribution is -0.384. The van der Waals surface area contributed by atoms with Gasteiger partial charge in [0.2, 0.25) is 5.91 Å². The average molecular weight is 393 g/mol. The van der Waals surface area contributed by atoms with Gasteiger partial charge in [-0.15, -0.1) is 0 Å². The molecule has 2 heterocycles. The summed E-state index contributed by atoms with van der Waals surface area (Å²) in [6, 6.07) is 13.6. The Morgan fingerprint density at radius 1 is 1.03 bits per heavy atom. The number of nitro benzene ring substituents is 1. The second kappa shape index (κ2) is 7.70. The largest absolute Gasteiger partial charge is 0.362 e. The molecule has 0 spiro atoms. The van der Waals surface area contributed by atoms with Crippen molar-refractivity contribution in [2.45, 2.75) is 6.54 Å². The minimum atomic E-state index is -0.397. The molecule has 0 radical (unpaired) electrons. The molecule has 1 amide bonds. The SMILES string of the molecule is O=C(Cn1cnc2ccccc2c1=O)N1CCN(c2ccccc2[N+](=O)[O-])CC1. The zero-order chi connectivity index (χ0) is 20.4. The first kappa shape index (κ1) is 18.6. The lowest BCUT2D eigenvalue weighted by atomic mass is 10.2. The van der Waals surface area contributed by atoms with Crippen molar-refractivity contribution < 1.29 is 9.72 Å². The molecule has 1 saturated heterocycles. The van der Waals surface area contributed by atoms with E-state index in [9.17, 15) is 19.7 Å². The second-order valence-electron chi connectivity index (χ2n) is 6.81. The Labute approximate surface area is 165 Å². The summed E-state index contributed by atoms with van der Waals surface area (Å²) < 4.78 is 1.32. The van der Waals surface area contributed by atoms with Crippen molar-refractivity contribution in [2.75, 3.05) is 31.1 Å². The summed E-state index contributed by atoms with van der Waals surface area (Å²) in [5.41, 5.74) is 0.961. The molecule has 1 aliphatic heterocycles. The van der Waals surface area contributed by atoms with Crippen LogP contribution in [-0.4, -0.2) is 51.5 Å². The summed E-state index contributed by atoms with van der Waals surface area (Å²) in [4.78, 5) is 43.9. The Hall–Kier alpha value is -3.75. The van der Waals surface area contributed by atoms with E-state index in [1.165, 1.54) is 17.0 Å². The molecule has 0 atom stereocenters. The first-order valence-corrected chi connectivity index (χ1v) is 9.25. The number of anilines is 1. The standard InChI is InChI=1S/C20H19N5O4/c26-19(13-24-14-21-16-6-2-1-5-15(16)20(24)27)23-11-9-22(10-12-23)17-7-3-4-8-18(17)25(28)29/h1-8,14H,9-13H2. The van der Waals surface area contributed by atoms with E-state index in [2.05, 4.69) is 4.98 Å². The zero-order valence-corrected chi connectivity index (χ0v) is 15.6. The van der Waals surface area contributed by atoms with Crippen LogP contribution in [0.2, 0.25) is 0 Å². The number of rotatable bonds is 4. The topological polar surface area (TPSA) is 102 Å². The number of para-hydroxylation sites is 3. The summed E-state index contributed by atoms with van der Waals surface area (Å²) in [5.74, 6) is -0.175. The van der Waals surface area contributed by atoms with E-state index in [0.717, 1.165) is 0 Å². The van der Waals surface area contributed by atoms with Gasteiger partial charge < -0.3 is 9.80 Å². The van der Waals surface area contributed by atoms with E-state index in [1.807, 2.05) is 4.90 Å². The van der Waals surface area contributed by atoms with Crippen molar-refractivity contribution in [3.05, 3.63) is 75.3 Å². The first-order chi connectivity index (χ1) is 14.0. The van der Waals surface area contributed by atoms with Gasteiger partial charge in [0.1, 0.15) is 12.2 Å². The molecule has 9 heteroatoms. The third-order valence-corrected chi connectivity index (χ3v) is 5.09. The summed E-state index contributed by atoms with van der Waals surface area (Å²) in [5, 5.41) is 11.7. The van der Waals surface area contributed by atoms with Gasteiger partial charge in [-0.3, -0.25) is 24.3 Å². The van der Waals surface area contributed by atoms with Crippen LogP contribution in [-0.2, 0) is 11.3 Å². The van der Waals surface area contributed by atoms with Crippen LogP contribution in [0.5, 0.6) is 0 Å². The number of piperazine rings is 1. The molecule has 0 aliphatic carbocycles. The number of aromatic nitrogens is 2. The van der Waals surface area contributed by atoms with E-state index in [0.29, 0.717) is 42.8 Å². The highest BCUT2D eigenvalue weighted by Gasteiger charge is 2.25. The number of hydrogen-bond donors (Lipinski definition) is 0. The fourth-order valence-electron chi connectivity index (χ4n) is 3.55. The van der Waals surface area contributed by atoms with Crippen molar-refractivity contribution in [3.63, 3.8) is 0 Å². The molecular weight excluding hydrogens is 374 g/mol. The van der Waals surface area contributed by atoms with Gasteiger partial charge in [-0.05, 0) is 18.2 Å². The molecule has 0 N–H and O–H groups in total. The maximum atomic E-state index is 12.7. The highest BCUT2D eigenvalue weighted by molar-refractivity contribution is 5.79. The summed E-state index contributed by atoms with van der Waals surface area (Å²) >= 11 is 0. The van der Waals surface area contributed by atoms with Gasteiger partial charge in [-0.2, -0.15) is 0 Å². The summed E-state index contributed by atoms with van der Waals surface area (Å²) in [6.45, 7) is 1.76. The highest BCUT2D eigenvalue weighted by Crippen LogP contribution is 2.28. The monoisotopic (exact) mass is 393 g/mol. The maximum Gasteiger partial charge on any atom is 0.292 e. The third kappa shape index (κ3) is 3.66. The van der Waals surface area contributed by atoms with E-state index < -0.39 is 4.92 Å². The van der Waals surface area contributed by atoms with Gasteiger partial charge in [0.25, 0.3) is 11.2 Å². The smallest absolute Gasteiger partial charge is 0.292 e. The average Bonchev–Trinajstić information content (AvgIpc) is 2.76.